The SMILES string of the molecule is O=C(NC1CCC(O)CC1)O[C@@H]1CC[C@H](C(=O)N2CCN(c3ccccc3)CC2)[C@@H](C(=O)NO)C1. The van der Waals surface area contributed by atoms with Gasteiger partial charge in [0.25, 0.3) is 0 Å². The molecule has 0 aromatic heterocycles. The number of hydrogen-bond donors (Lipinski definition) is 4. The van der Waals surface area contributed by atoms with E-state index in [2.05, 4.69) is 10.2 Å². The maximum Gasteiger partial charge on any atom is 0.407 e. The highest BCUT2D eigenvalue weighted by Gasteiger charge is 2.42. The quantitative estimate of drug-likeness (QED) is 0.366. The van der Waals surface area contributed by atoms with Gasteiger partial charge >= 0.3 is 6.09 Å². The number of hydrogen-bond acceptors (Lipinski definition) is 7. The number of nitrogens with zero attached hydrogens (tertiary/aromatic N) is 2. The van der Waals surface area contributed by atoms with Gasteiger partial charge in [-0.25, -0.2) is 10.3 Å². The first kappa shape index (κ1) is 25.2. The molecule has 35 heavy (non-hydrogen) atoms. The van der Waals surface area contributed by atoms with Crippen LogP contribution in [0.15, 0.2) is 30.3 Å². The summed E-state index contributed by atoms with van der Waals surface area (Å²) in [7, 11) is 0. The molecule has 0 unspecified atom stereocenters. The number of aliphatic hydroxyl groups is 1. The van der Waals surface area contributed by atoms with Crippen molar-refractivity contribution >= 4 is 23.6 Å². The molecule has 192 valence electrons. The second-order valence-electron chi connectivity index (χ2n) is 9.83. The summed E-state index contributed by atoms with van der Waals surface area (Å²) in [5, 5.41) is 21.8. The van der Waals surface area contributed by atoms with Gasteiger partial charge in [-0.15, -0.1) is 0 Å². The van der Waals surface area contributed by atoms with Gasteiger partial charge in [-0.1, -0.05) is 18.2 Å². The molecule has 1 heterocycles. The summed E-state index contributed by atoms with van der Waals surface area (Å²) in [6.07, 6.45) is 2.41. The molecule has 1 aliphatic heterocycles. The number of alkyl carbamates (subject to hydrolysis) is 1. The van der Waals surface area contributed by atoms with Crippen LogP contribution in [0.5, 0.6) is 0 Å². The van der Waals surface area contributed by atoms with Gasteiger partial charge in [-0.2, -0.15) is 0 Å². The summed E-state index contributed by atoms with van der Waals surface area (Å²) in [4.78, 5) is 42.2. The molecule has 1 aromatic carbocycles. The lowest BCUT2D eigenvalue weighted by Crippen LogP contribution is -2.53. The average molecular weight is 489 g/mol. The predicted octanol–water partition coefficient (Wildman–Crippen LogP) is 1.66. The number of carbonyl (C=O) groups excluding carboxylic acids is 3. The molecule has 0 radical (unpaired) electrons. The number of nitrogens with one attached hydrogen (secondary N) is 2. The van der Waals surface area contributed by atoms with Gasteiger partial charge in [-0.05, 0) is 57.1 Å². The highest BCUT2D eigenvalue weighted by molar-refractivity contribution is 5.87. The second kappa shape index (κ2) is 11.7. The van der Waals surface area contributed by atoms with E-state index in [1.165, 1.54) is 0 Å². The molecule has 0 bridgehead atoms. The molecule has 3 amide bonds. The maximum absolute atomic E-state index is 13.4. The molecule has 4 rings (SSSR count). The van der Waals surface area contributed by atoms with Gasteiger partial charge in [-0.3, -0.25) is 14.8 Å². The zero-order valence-corrected chi connectivity index (χ0v) is 20.0. The van der Waals surface area contributed by atoms with Crippen molar-refractivity contribution in [2.24, 2.45) is 11.8 Å². The molecule has 10 heteroatoms. The normalized spacial score (nSPS) is 29.3. The van der Waals surface area contributed by atoms with Crippen molar-refractivity contribution in [3.05, 3.63) is 30.3 Å². The highest BCUT2D eigenvalue weighted by atomic mass is 16.6. The van der Waals surface area contributed by atoms with Gasteiger partial charge in [0.1, 0.15) is 6.10 Å². The molecule has 10 nitrogen and oxygen atoms in total. The molecule has 1 aromatic rings. The average Bonchev–Trinajstić information content (AvgIpc) is 2.89. The Labute approximate surface area is 205 Å². The minimum Gasteiger partial charge on any atom is -0.446 e. The van der Waals surface area contributed by atoms with Crippen molar-refractivity contribution in [1.29, 1.82) is 0 Å². The smallest absolute Gasteiger partial charge is 0.407 e. The molecule has 0 spiro atoms. The number of aliphatic hydroxyl groups excluding tert-OH is 1. The van der Waals surface area contributed by atoms with E-state index < -0.39 is 29.9 Å². The topological polar surface area (TPSA) is 131 Å². The summed E-state index contributed by atoms with van der Waals surface area (Å²) < 4.78 is 5.58. The van der Waals surface area contributed by atoms with Gasteiger partial charge in [0.2, 0.25) is 11.8 Å². The first-order valence-corrected chi connectivity index (χ1v) is 12.6. The first-order chi connectivity index (χ1) is 16.9. The highest BCUT2D eigenvalue weighted by Crippen LogP contribution is 2.34. The van der Waals surface area contributed by atoms with Crippen LogP contribution in [-0.4, -0.2) is 77.6 Å². The van der Waals surface area contributed by atoms with Crippen LogP contribution >= 0.6 is 0 Å². The van der Waals surface area contributed by atoms with E-state index in [1.807, 2.05) is 30.3 Å². The zero-order chi connectivity index (χ0) is 24.8. The van der Waals surface area contributed by atoms with Crippen LogP contribution in [0.2, 0.25) is 0 Å². The van der Waals surface area contributed by atoms with Crippen molar-refractivity contribution in [2.45, 2.75) is 63.2 Å². The summed E-state index contributed by atoms with van der Waals surface area (Å²) in [6.45, 7) is 2.55. The van der Waals surface area contributed by atoms with Crippen LogP contribution in [-0.2, 0) is 14.3 Å². The predicted molar refractivity (Wildman–Crippen MR) is 128 cm³/mol. The number of ether oxygens (including phenoxy) is 1. The Kier molecular flexibility index (Phi) is 8.46. The molecular formula is C25H36N4O6. The van der Waals surface area contributed by atoms with E-state index in [1.54, 1.807) is 10.4 Å². The number of para-hydroxylation sites is 1. The van der Waals surface area contributed by atoms with E-state index in [4.69, 9.17) is 4.74 Å². The summed E-state index contributed by atoms with van der Waals surface area (Å²) in [5.41, 5.74) is 2.82. The van der Waals surface area contributed by atoms with Gasteiger partial charge in [0.05, 0.1) is 17.9 Å². The Bertz CT molecular complexity index is 868. The minimum absolute atomic E-state index is 0.0325. The lowest BCUT2D eigenvalue weighted by atomic mass is 9.76. The molecule has 2 aliphatic carbocycles. The number of amides is 3. The van der Waals surface area contributed by atoms with Crippen molar-refractivity contribution in [2.75, 3.05) is 31.1 Å². The Morgan fingerprint density at radius 3 is 2.23 bits per heavy atom. The summed E-state index contributed by atoms with van der Waals surface area (Å²) in [6, 6.07) is 10.0. The molecule has 4 N–H and O–H groups in total. The number of benzene rings is 1. The lowest BCUT2D eigenvalue weighted by Gasteiger charge is -2.40. The van der Waals surface area contributed by atoms with Crippen LogP contribution in [0.25, 0.3) is 0 Å². The maximum atomic E-state index is 13.4. The Balaban J connectivity index is 1.30. The third-order valence-electron chi connectivity index (χ3n) is 7.57. The fraction of sp³-hybridized carbons (Fsp3) is 0.640. The number of hydroxylamine groups is 1. The van der Waals surface area contributed by atoms with Crippen LogP contribution in [0, 0.1) is 11.8 Å². The van der Waals surface area contributed by atoms with E-state index in [0.717, 1.165) is 5.69 Å². The van der Waals surface area contributed by atoms with Gasteiger partial charge in [0, 0.05) is 37.9 Å². The van der Waals surface area contributed by atoms with Crippen LogP contribution in [0.4, 0.5) is 10.5 Å². The number of anilines is 1. The monoisotopic (exact) mass is 488 g/mol. The van der Waals surface area contributed by atoms with Crippen molar-refractivity contribution in [3.8, 4) is 0 Å². The van der Waals surface area contributed by atoms with Crippen molar-refractivity contribution in [1.82, 2.24) is 15.7 Å². The number of rotatable bonds is 5. The van der Waals surface area contributed by atoms with E-state index >= 15 is 0 Å². The summed E-state index contributed by atoms with van der Waals surface area (Å²) in [5.74, 6) is -2.04. The fourth-order valence-electron chi connectivity index (χ4n) is 5.54. The number of piperazine rings is 1. The summed E-state index contributed by atoms with van der Waals surface area (Å²) >= 11 is 0. The molecular weight excluding hydrogens is 452 g/mol. The van der Waals surface area contributed by atoms with E-state index in [0.29, 0.717) is 64.7 Å². The molecule has 3 atom stereocenters. The van der Waals surface area contributed by atoms with Crippen molar-refractivity contribution in [3.63, 3.8) is 0 Å². The van der Waals surface area contributed by atoms with Gasteiger partial charge < -0.3 is 25.0 Å². The Morgan fingerprint density at radius 2 is 1.57 bits per heavy atom. The van der Waals surface area contributed by atoms with E-state index in [9.17, 15) is 24.7 Å². The molecule has 3 fully saturated rings. The Hall–Kier alpha value is -2.85. The fourth-order valence-corrected chi connectivity index (χ4v) is 5.54. The zero-order valence-electron chi connectivity index (χ0n) is 20.0. The largest absolute Gasteiger partial charge is 0.446 e. The lowest BCUT2D eigenvalue weighted by molar-refractivity contribution is -0.149. The molecule has 2 saturated carbocycles. The van der Waals surface area contributed by atoms with Crippen LogP contribution < -0.4 is 15.7 Å². The van der Waals surface area contributed by atoms with Gasteiger partial charge in [0.15, 0.2) is 0 Å². The third kappa shape index (κ3) is 6.43. The third-order valence-corrected chi connectivity index (χ3v) is 7.57. The molecule has 3 aliphatic rings. The van der Waals surface area contributed by atoms with E-state index in [-0.39, 0.29) is 24.5 Å². The standard InChI is InChI=1S/C25H36N4O6/c30-19-8-6-17(7-9-19)26-25(33)35-20-10-11-21(22(16-20)23(31)27-34)24(32)29-14-12-28(13-15-29)18-4-2-1-3-5-18/h1-5,17,19-22,30,34H,6-16H2,(H,26,33)(H,27,31)/t17?,19?,20-,21+,22+/m1/s1. The second-order valence-corrected chi connectivity index (χ2v) is 9.83. The van der Waals surface area contributed by atoms with Crippen molar-refractivity contribution < 1.29 is 29.4 Å². The Morgan fingerprint density at radius 1 is 0.886 bits per heavy atom. The molecule has 1 saturated heterocycles. The first-order valence-electron chi connectivity index (χ1n) is 12.6. The minimum atomic E-state index is -0.768. The number of carbonyl (C=O) groups is 3. The van der Waals surface area contributed by atoms with Crippen LogP contribution in [0.3, 0.4) is 0 Å². The van der Waals surface area contributed by atoms with Crippen LogP contribution in [0.1, 0.15) is 44.9 Å².